The zero-order valence-electron chi connectivity index (χ0n) is 11.5. The Morgan fingerprint density at radius 2 is 2.00 bits per heavy atom. The first-order chi connectivity index (χ1) is 9.79. The van der Waals surface area contributed by atoms with Crippen LogP contribution in [0.4, 0.5) is 0 Å². The van der Waals surface area contributed by atoms with Crippen LogP contribution < -0.4 is 4.74 Å². The van der Waals surface area contributed by atoms with Crippen LogP contribution in [-0.2, 0) is 6.61 Å². The monoisotopic (exact) mass is 328 g/mol. The molecule has 0 aromatic heterocycles. The van der Waals surface area contributed by atoms with E-state index in [1.165, 1.54) is 27.8 Å². The van der Waals surface area contributed by atoms with Crippen molar-refractivity contribution in [2.75, 3.05) is 5.33 Å². The molecule has 0 N–H and O–H groups in total. The third-order valence-corrected chi connectivity index (χ3v) is 4.03. The molecule has 1 aliphatic heterocycles. The van der Waals surface area contributed by atoms with Gasteiger partial charge in [0, 0.05) is 10.9 Å². The number of allylic oxidation sites excluding steroid dienone is 1. The molecule has 2 aromatic rings. The minimum absolute atomic E-state index is 0.639. The molecule has 2 heteroatoms. The summed E-state index contributed by atoms with van der Waals surface area (Å²) in [5.74, 6) is 0.974. The van der Waals surface area contributed by atoms with Gasteiger partial charge >= 0.3 is 0 Å². The van der Waals surface area contributed by atoms with Gasteiger partial charge in [-0.1, -0.05) is 64.0 Å². The summed E-state index contributed by atoms with van der Waals surface area (Å²) in [6.07, 6.45) is 3.31. The van der Waals surface area contributed by atoms with Gasteiger partial charge in [0.2, 0.25) is 0 Å². The Balaban J connectivity index is 2.19. The highest BCUT2D eigenvalue weighted by molar-refractivity contribution is 9.09. The molecule has 3 rings (SSSR count). The Kier molecular flexibility index (Phi) is 3.93. The van der Waals surface area contributed by atoms with Crippen molar-refractivity contribution < 1.29 is 4.74 Å². The fraction of sp³-hybridized carbons (Fsp3) is 0.222. The quantitative estimate of drug-likeness (QED) is 0.696. The molecule has 1 heterocycles. The van der Waals surface area contributed by atoms with Gasteiger partial charge in [-0.05, 0) is 36.1 Å². The SMILES string of the molecule is Cc1ccc2c(c1)COc1ccccc1/C2=C\CCBr. The number of benzene rings is 2. The topological polar surface area (TPSA) is 9.23 Å². The number of halogens is 1. The Morgan fingerprint density at radius 1 is 1.15 bits per heavy atom. The summed E-state index contributed by atoms with van der Waals surface area (Å²) in [7, 11) is 0. The van der Waals surface area contributed by atoms with Crippen LogP contribution in [0.15, 0.2) is 48.5 Å². The van der Waals surface area contributed by atoms with E-state index in [0.29, 0.717) is 6.61 Å². The van der Waals surface area contributed by atoms with Crippen LogP contribution in [0.25, 0.3) is 5.57 Å². The van der Waals surface area contributed by atoms with E-state index in [-0.39, 0.29) is 0 Å². The number of ether oxygens (including phenoxy) is 1. The number of aryl methyl sites for hydroxylation is 1. The highest BCUT2D eigenvalue weighted by atomic mass is 79.9. The molecule has 0 bridgehead atoms. The molecule has 0 fully saturated rings. The van der Waals surface area contributed by atoms with Gasteiger partial charge in [-0.3, -0.25) is 0 Å². The first-order valence-corrected chi connectivity index (χ1v) is 8.00. The Hall–Kier alpha value is -1.54. The molecular weight excluding hydrogens is 312 g/mol. The third-order valence-electron chi connectivity index (χ3n) is 3.57. The van der Waals surface area contributed by atoms with E-state index in [9.17, 15) is 0 Å². The molecule has 102 valence electrons. The minimum atomic E-state index is 0.639. The molecule has 0 unspecified atom stereocenters. The molecule has 0 spiro atoms. The van der Waals surface area contributed by atoms with Crippen molar-refractivity contribution in [2.24, 2.45) is 0 Å². The van der Waals surface area contributed by atoms with Gasteiger partial charge in [0.15, 0.2) is 0 Å². The summed E-state index contributed by atoms with van der Waals surface area (Å²) in [6.45, 7) is 2.76. The molecule has 0 amide bonds. The van der Waals surface area contributed by atoms with Crippen LogP contribution in [0.3, 0.4) is 0 Å². The summed E-state index contributed by atoms with van der Waals surface area (Å²) in [6, 6.07) is 14.9. The minimum Gasteiger partial charge on any atom is -0.488 e. The Bertz CT molecular complexity index is 658. The Labute approximate surface area is 128 Å². The van der Waals surface area contributed by atoms with Gasteiger partial charge in [-0.2, -0.15) is 0 Å². The smallest absolute Gasteiger partial charge is 0.127 e. The maximum Gasteiger partial charge on any atom is 0.127 e. The second kappa shape index (κ2) is 5.84. The molecule has 1 aliphatic rings. The van der Waals surface area contributed by atoms with Gasteiger partial charge in [0.25, 0.3) is 0 Å². The molecule has 0 saturated carbocycles. The van der Waals surface area contributed by atoms with Gasteiger partial charge in [0.05, 0.1) is 0 Å². The highest BCUT2D eigenvalue weighted by Gasteiger charge is 2.18. The number of para-hydroxylation sites is 1. The van der Waals surface area contributed by atoms with Crippen molar-refractivity contribution in [3.8, 4) is 5.75 Å². The van der Waals surface area contributed by atoms with Crippen molar-refractivity contribution >= 4 is 21.5 Å². The standard InChI is InChI=1S/C18H17BrO/c1-13-8-9-15-14(11-13)12-20-18-7-3-2-5-17(18)16(15)6-4-10-19/h2-3,5-9,11H,4,10,12H2,1H3/b16-6-. The molecule has 0 atom stereocenters. The molecule has 0 aliphatic carbocycles. The van der Waals surface area contributed by atoms with Crippen LogP contribution in [0.1, 0.15) is 28.7 Å². The van der Waals surface area contributed by atoms with Crippen LogP contribution in [0, 0.1) is 6.92 Å². The van der Waals surface area contributed by atoms with Crippen LogP contribution >= 0.6 is 15.9 Å². The second-order valence-corrected chi connectivity index (χ2v) is 5.83. The van der Waals surface area contributed by atoms with Crippen LogP contribution in [0.2, 0.25) is 0 Å². The number of rotatable bonds is 2. The number of hydrogen-bond acceptors (Lipinski definition) is 1. The highest BCUT2D eigenvalue weighted by Crippen LogP contribution is 2.37. The maximum absolute atomic E-state index is 5.99. The van der Waals surface area contributed by atoms with Gasteiger partial charge < -0.3 is 4.74 Å². The van der Waals surface area contributed by atoms with Gasteiger partial charge in [-0.15, -0.1) is 0 Å². The zero-order chi connectivity index (χ0) is 13.9. The second-order valence-electron chi connectivity index (χ2n) is 5.04. The fourth-order valence-corrected chi connectivity index (χ4v) is 2.87. The van der Waals surface area contributed by atoms with Crippen LogP contribution in [-0.4, -0.2) is 5.33 Å². The summed E-state index contributed by atoms with van der Waals surface area (Å²) < 4.78 is 5.99. The molecule has 2 aromatic carbocycles. The number of alkyl halides is 1. The lowest BCUT2D eigenvalue weighted by Crippen LogP contribution is -1.96. The normalized spacial score (nSPS) is 15.2. The first-order valence-electron chi connectivity index (χ1n) is 6.88. The summed E-state index contributed by atoms with van der Waals surface area (Å²) in [5, 5.41) is 0.973. The van der Waals surface area contributed by atoms with Crippen molar-refractivity contribution in [3.63, 3.8) is 0 Å². The molecule has 20 heavy (non-hydrogen) atoms. The van der Waals surface area contributed by atoms with E-state index in [4.69, 9.17) is 4.74 Å². The van der Waals surface area contributed by atoms with Crippen molar-refractivity contribution in [3.05, 3.63) is 70.8 Å². The average molecular weight is 329 g/mol. The Morgan fingerprint density at radius 3 is 2.85 bits per heavy atom. The predicted molar refractivity (Wildman–Crippen MR) is 87.4 cm³/mol. The van der Waals surface area contributed by atoms with E-state index in [0.717, 1.165) is 17.5 Å². The van der Waals surface area contributed by atoms with Crippen molar-refractivity contribution in [2.45, 2.75) is 20.0 Å². The predicted octanol–water partition coefficient (Wildman–Crippen LogP) is 5.10. The average Bonchev–Trinajstić information content (AvgIpc) is 2.62. The zero-order valence-corrected chi connectivity index (χ0v) is 13.1. The van der Waals surface area contributed by atoms with Gasteiger partial charge in [0.1, 0.15) is 12.4 Å². The lowest BCUT2D eigenvalue weighted by molar-refractivity contribution is 0.307. The van der Waals surface area contributed by atoms with E-state index >= 15 is 0 Å². The van der Waals surface area contributed by atoms with E-state index in [2.05, 4.69) is 65.3 Å². The largest absolute Gasteiger partial charge is 0.488 e. The first kappa shape index (κ1) is 13.4. The summed E-state index contributed by atoms with van der Waals surface area (Å²) in [4.78, 5) is 0. The maximum atomic E-state index is 5.99. The molecular formula is C18H17BrO. The molecule has 0 radical (unpaired) electrons. The van der Waals surface area contributed by atoms with E-state index in [1.54, 1.807) is 0 Å². The summed E-state index contributed by atoms with van der Waals surface area (Å²) in [5.41, 5.74) is 6.31. The summed E-state index contributed by atoms with van der Waals surface area (Å²) >= 11 is 3.51. The number of fused-ring (bicyclic) bond motifs is 2. The fourth-order valence-electron chi connectivity index (χ4n) is 2.64. The lowest BCUT2D eigenvalue weighted by atomic mass is 9.93. The van der Waals surface area contributed by atoms with Gasteiger partial charge in [-0.25, -0.2) is 0 Å². The molecule has 1 nitrogen and oxygen atoms in total. The third kappa shape index (κ3) is 2.53. The van der Waals surface area contributed by atoms with E-state index < -0.39 is 0 Å². The van der Waals surface area contributed by atoms with Crippen molar-refractivity contribution in [1.29, 1.82) is 0 Å². The number of hydrogen-bond donors (Lipinski definition) is 0. The van der Waals surface area contributed by atoms with E-state index in [1.807, 2.05) is 6.07 Å². The lowest BCUT2D eigenvalue weighted by Gasteiger charge is -2.10. The van der Waals surface area contributed by atoms with Crippen LogP contribution in [0.5, 0.6) is 5.75 Å². The van der Waals surface area contributed by atoms with Crippen molar-refractivity contribution in [1.82, 2.24) is 0 Å². The molecule has 0 saturated heterocycles.